The average molecular weight is 297 g/mol. The lowest BCUT2D eigenvalue weighted by Gasteiger charge is -2.02. The summed E-state index contributed by atoms with van der Waals surface area (Å²) in [4.78, 5) is 11.4. The number of rotatable bonds is 4. The van der Waals surface area contributed by atoms with Gasteiger partial charge >= 0.3 is 5.97 Å². The second-order valence-electron chi connectivity index (χ2n) is 4.69. The van der Waals surface area contributed by atoms with E-state index in [9.17, 15) is 28.0 Å². The molecule has 0 aromatic heterocycles. The highest BCUT2D eigenvalue weighted by Gasteiger charge is 2.76. The molecule has 0 heterocycles. The SMILES string of the molecule is CCS(=O)(=O)[C@H]1[C@H](c2ccc(F)cc2)[C@@]1(C#N)C(=O)O. The Morgan fingerprint density at radius 1 is 1.45 bits per heavy atom. The van der Waals surface area contributed by atoms with Crippen LogP contribution in [-0.4, -0.2) is 30.5 Å². The molecular weight excluding hydrogens is 285 g/mol. The average Bonchev–Trinajstić information content (AvgIpc) is 3.11. The third-order valence-corrected chi connectivity index (χ3v) is 5.91. The van der Waals surface area contributed by atoms with Crippen molar-refractivity contribution in [3.8, 4) is 6.07 Å². The van der Waals surface area contributed by atoms with E-state index in [0.29, 0.717) is 5.56 Å². The van der Waals surface area contributed by atoms with Crippen molar-refractivity contribution < 1.29 is 22.7 Å². The lowest BCUT2D eigenvalue weighted by Crippen LogP contribution is -2.23. The molecule has 0 spiro atoms. The zero-order valence-electron chi connectivity index (χ0n) is 10.6. The van der Waals surface area contributed by atoms with E-state index < -0.39 is 38.2 Å². The Balaban J connectivity index is 2.54. The van der Waals surface area contributed by atoms with Crippen LogP contribution in [0.4, 0.5) is 4.39 Å². The lowest BCUT2D eigenvalue weighted by atomic mass is 10.0. The highest BCUT2D eigenvalue weighted by Crippen LogP contribution is 2.62. The van der Waals surface area contributed by atoms with Crippen LogP contribution in [0.1, 0.15) is 18.4 Å². The molecule has 1 fully saturated rings. The Labute approximate surface area is 115 Å². The maximum Gasteiger partial charge on any atom is 0.326 e. The number of hydrogen-bond acceptors (Lipinski definition) is 4. The van der Waals surface area contributed by atoms with Gasteiger partial charge in [-0.3, -0.25) is 4.79 Å². The van der Waals surface area contributed by atoms with Gasteiger partial charge in [-0.25, -0.2) is 12.8 Å². The normalized spacial score (nSPS) is 28.6. The Bertz CT molecular complexity index is 692. The summed E-state index contributed by atoms with van der Waals surface area (Å²) in [6.45, 7) is 1.40. The van der Waals surface area contributed by atoms with Crippen LogP contribution in [0, 0.1) is 22.6 Å². The number of hydrogen-bond donors (Lipinski definition) is 1. The number of carbonyl (C=O) groups is 1. The zero-order chi connectivity index (χ0) is 15.1. The molecule has 7 heteroatoms. The molecule has 106 valence electrons. The van der Waals surface area contributed by atoms with Gasteiger partial charge in [0.1, 0.15) is 11.1 Å². The largest absolute Gasteiger partial charge is 0.480 e. The molecule has 1 aromatic rings. The van der Waals surface area contributed by atoms with Gasteiger partial charge in [0.25, 0.3) is 0 Å². The molecule has 1 N–H and O–H groups in total. The van der Waals surface area contributed by atoms with Crippen LogP contribution in [0.2, 0.25) is 0 Å². The standard InChI is InChI=1S/C13H12FNO4S/c1-2-20(18,19)11-10(13(11,7-15)12(16)17)8-3-5-9(14)6-4-8/h3-6,10-11H,2H2,1H3,(H,16,17)/t10-,11-,13+/m0/s1. The molecule has 1 aliphatic carbocycles. The lowest BCUT2D eigenvalue weighted by molar-refractivity contribution is -0.141. The van der Waals surface area contributed by atoms with Crippen LogP contribution in [0.15, 0.2) is 24.3 Å². The first-order chi connectivity index (χ1) is 9.31. The molecule has 0 radical (unpaired) electrons. The molecule has 1 aliphatic rings. The van der Waals surface area contributed by atoms with Gasteiger partial charge in [0.15, 0.2) is 15.3 Å². The van der Waals surface area contributed by atoms with Crippen molar-refractivity contribution in [2.45, 2.75) is 18.1 Å². The summed E-state index contributed by atoms with van der Waals surface area (Å²) < 4.78 is 36.9. The van der Waals surface area contributed by atoms with Crippen molar-refractivity contribution in [3.05, 3.63) is 35.6 Å². The van der Waals surface area contributed by atoms with Gasteiger partial charge in [-0.1, -0.05) is 19.1 Å². The van der Waals surface area contributed by atoms with Gasteiger partial charge in [0.05, 0.1) is 6.07 Å². The fourth-order valence-corrected chi connectivity index (χ4v) is 4.50. The summed E-state index contributed by atoms with van der Waals surface area (Å²) in [7, 11) is -3.69. The number of benzene rings is 1. The van der Waals surface area contributed by atoms with E-state index in [4.69, 9.17) is 0 Å². The van der Waals surface area contributed by atoms with Crippen LogP contribution in [0.3, 0.4) is 0 Å². The van der Waals surface area contributed by atoms with E-state index >= 15 is 0 Å². The first-order valence-corrected chi connectivity index (χ1v) is 7.64. The van der Waals surface area contributed by atoms with E-state index in [1.807, 2.05) is 0 Å². The van der Waals surface area contributed by atoms with Crippen LogP contribution >= 0.6 is 0 Å². The molecule has 1 aromatic carbocycles. The quantitative estimate of drug-likeness (QED) is 0.904. The predicted octanol–water partition coefficient (Wildman–Crippen LogP) is 1.32. The van der Waals surface area contributed by atoms with E-state index in [2.05, 4.69) is 0 Å². The van der Waals surface area contributed by atoms with Crippen molar-refractivity contribution in [1.82, 2.24) is 0 Å². The molecule has 1 saturated carbocycles. The second kappa shape index (κ2) is 4.56. The zero-order valence-corrected chi connectivity index (χ0v) is 11.4. The van der Waals surface area contributed by atoms with Crippen molar-refractivity contribution in [2.24, 2.45) is 5.41 Å². The molecule has 20 heavy (non-hydrogen) atoms. The van der Waals surface area contributed by atoms with Crippen LogP contribution in [-0.2, 0) is 14.6 Å². The number of halogens is 1. The van der Waals surface area contributed by atoms with E-state index in [0.717, 1.165) is 12.1 Å². The summed E-state index contributed by atoms with van der Waals surface area (Å²) in [5.41, 5.74) is -1.63. The Kier molecular flexibility index (Phi) is 3.30. The Morgan fingerprint density at radius 2 is 2.00 bits per heavy atom. The van der Waals surface area contributed by atoms with Gasteiger partial charge in [-0.05, 0) is 17.7 Å². The highest BCUT2D eigenvalue weighted by molar-refractivity contribution is 7.92. The van der Waals surface area contributed by atoms with Crippen LogP contribution < -0.4 is 0 Å². The fraction of sp³-hybridized carbons (Fsp3) is 0.385. The summed E-state index contributed by atoms with van der Waals surface area (Å²) >= 11 is 0. The maximum absolute atomic E-state index is 12.9. The van der Waals surface area contributed by atoms with Gasteiger partial charge in [0, 0.05) is 11.7 Å². The summed E-state index contributed by atoms with van der Waals surface area (Å²) in [6, 6.07) is 6.51. The minimum Gasteiger partial charge on any atom is -0.480 e. The minimum absolute atomic E-state index is 0.244. The summed E-state index contributed by atoms with van der Waals surface area (Å²) in [5.74, 6) is -3.18. The molecular formula is C13H12FNO4S. The van der Waals surface area contributed by atoms with Crippen LogP contribution in [0.25, 0.3) is 0 Å². The molecule has 0 aliphatic heterocycles. The second-order valence-corrected chi connectivity index (χ2v) is 7.10. The monoisotopic (exact) mass is 297 g/mol. The molecule has 0 unspecified atom stereocenters. The summed E-state index contributed by atoms with van der Waals surface area (Å²) in [5, 5.41) is 17.1. The molecule has 3 atom stereocenters. The summed E-state index contributed by atoms with van der Waals surface area (Å²) in [6.07, 6.45) is 0. The smallest absolute Gasteiger partial charge is 0.326 e. The molecule has 0 bridgehead atoms. The van der Waals surface area contributed by atoms with E-state index in [-0.39, 0.29) is 5.75 Å². The van der Waals surface area contributed by atoms with Gasteiger partial charge < -0.3 is 5.11 Å². The van der Waals surface area contributed by atoms with E-state index in [1.54, 1.807) is 6.07 Å². The van der Waals surface area contributed by atoms with Gasteiger partial charge in [-0.2, -0.15) is 5.26 Å². The van der Waals surface area contributed by atoms with Crippen molar-refractivity contribution in [1.29, 1.82) is 5.26 Å². The third-order valence-electron chi connectivity index (χ3n) is 3.69. The number of carboxylic acids is 1. The fourth-order valence-electron chi connectivity index (χ4n) is 2.57. The van der Waals surface area contributed by atoms with Gasteiger partial charge in [-0.15, -0.1) is 0 Å². The topological polar surface area (TPSA) is 95.2 Å². The Hall–Kier alpha value is -1.94. The molecule has 0 amide bonds. The molecule has 5 nitrogen and oxygen atoms in total. The third kappa shape index (κ3) is 1.88. The highest BCUT2D eigenvalue weighted by atomic mass is 32.2. The van der Waals surface area contributed by atoms with Crippen molar-refractivity contribution in [2.75, 3.05) is 5.75 Å². The first kappa shape index (κ1) is 14.5. The number of carboxylic acid groups (broad SMARTS) is 1. The van der Waals surface area contributed by atoms with Gasteiger partial charge in [0.2, 0.25) is 0 Å². The number of nitriles is 1. The van der Waals surface area contributed by atoms with E-state index in [1.165, 1.54) is 19.1 Å². The number of sulfone groups is 1. The van der Waals surface area contributed by atoms with Crippen LogP contribution in [0.5, 0.6) is 0 Å². The molecule has 0 saturated heterocycles. The predicted molar refractivity (Wildman–Crippen MR) is 68.1 cm³/mol. The molecule has 2 rings (SSSR count). The first-order valence-electron chi connectivity index (χ1n) is 5.93. The van der Waals surface area contributed by atoms with Crippen molar-refractivity contribution >= 4 is 15.8 Å². The minimum atomic E-state index is -3.69. The number of aliphatic carboxylic acids is 1. The van der Waals surface area contributed by atoms with Crippen molar-refractivity contribution in [3.63, 3.8) is 0 Å². The maximum atomic E-state index is 12.9. The number of nitrogens with zero attached hydrogens (tertiary/aromatic N) is 1. The Morgan fingerprint density at radius 3 is 2.40 bits per heavy atom.